The minimum absolute atomic E-state index is 0.466. The Kier molecular flexibility index (Phi) is 3.94. The molecule has 0 fully saturated rings. The molecule has 0 atom stereocenters. The first kappa shape index (κ1) is 14.1. The summed E-state index contributed by atoms with van der Waals surface area (Å²) in [6.45, 7) is 9.71. The molecule has 0 spiro atoms. The summed E-state index contributed by atoms with van der Waals surface area (Å²) in [6.07, 6.45) is 0. The first-order chi connectivity index (χ1) is 7.71. The molecule has 0 bridgehead atoms. The number of aliphatic carboxylic acids is 1. The highest BCUT2D eigenvalue weighted by molar-refractivity contribution is 7.09. The van der Waals surface area contributed by atoms with Crippen LogP contribution in [-0.2, 0) is 20.5 Å². The largest absolute Gasteiger partial charge is 0.481 e. The van der Waals surface area contributed by atoms with Gasteiger partial charge in [-0.05, 0) is 34.6 Å². The predicted octanol–water partition coefficient (Wildman–Crippen LogP) is 2.78. The van der Waals surface area contributed by atoms with Crippen molar-refractivity contribution in [3.05, 3.63) is 16.1 Å². The number of ether oxygens (including phenoxy) is 1. The molecule has 0 aliphatic heterocycles. The molecule has 0 saturated heterocycles. The summed E-state index contributed by atoms with van der Waals surface area (Å²) in [6, 6.07) is 0. The molecule has 0 radical (unpaired) electrons. The third-order valence-electron chi connectivity index (χ3n) is 2.70. The molecular weight excluding hydrogens is 238 g/mol. The van der Waals surface area contributed by atoms with E-state index in [1.807, 2.05) is 20.8 Å². The normalized spacial score (nSPS) is 12.8. The van der Waals surface area contributed by atoms with Gasteiger partial charge in [-0.1, -0.05) is 0 Å². The second kappa shape index (κ2) is 4.74. The van der Waals surface area contributed by atoms with Crippen LogP contribution in [0.2, 0.25) is 0 Å². The van der Waals surface area contributed by atoms with Gasteiger partial charge in [-0.15, -0.1) is 11.3 Å². The van der Waals surface area contributed by atoms with Crippen molar-refractivity contribution in [1.82, 2.24) is 4.98 Å². The summed E-state index contributed by atoms with van der Waals surface area (Å²) in [5, 5.41) is 11.7. The average Bonchev–Trinajstić information content (AvgIpc) is 2.66. The van der Waals surface area contributed by atoms with E-state index in [-0.39, 0.29) is 0 Å². The van der Waals surface area contributed by atoms with E-state index in [0.29, 0.717) is 12.3 Å². The van der Waals surface area contributed by atoms with Crippen LogP contribution in [0.1, 0.15) is 45.3 Å². The summed E-state index contributed by atoms with van der Waals surface area (Å²) in [5.41, 5.74) is -0.846. The van der Waals surface area contributed by atoms with Gasteiger partial charge in [0, 0.05) is 12.0 Å². The maximum Gasteiger partial charge on any atom is 0.315 e. The van der Waals surface area contributed by atoms with Crippen molar-refractivity contribution in [2.75, 3.05) is 6.61 Å². The van der Waals surface area contributed by atoms with Crippen LogP contribution in [0.25, 0.3) is 0 Å². The minimum atomic E-state index is -0.961. The van der Waals surface area contributed by atoms with Gasteiger partial charge >= 0.3 is 5.97 Å². The number of carboxylic acid groups (broad SMARTS) is 1. The Morgan fingerprint density at radius 2 is 2.06 bits per heavy atom. The molecule has 1 heterocycles. The Bertz CT molecular complexity index is 410. The number of thiazole rings is 1. The van der Waals surface area contributed by atoms with Gasteiger partial charge in [-0.25, -0.2) is 4.98 Å². The van der Waals surface area contributed by atoms with Gasteiger partial charge in [-0.2, -0.15) is 0 Å². The van der Waals surface area contributed by atoms with Gasteiger partial charge in [0.05, 0.1) is 5.69 Å². The minimum Gasteiger partial charge on any atom is -0.481 e. The quantitative estimate of drug-likeness (QED) is 0.881. The lowest BCUT2D eigenvalue weighted by atomic mass is 9.90. The van der Waals surface area contributed by atoms with E-state index < -0.39 is 17.0 Å². The molecule has 96 valence electrons. The number of rotatable bonds is 5. The third-order valence-corrected chi connectivity index (χ3v) is 3.85. The maximum atomic E-state index is 11.1. The molecule has 0 aliphatic rings. The van der Waals surface area contributed by atoms with Crippen LogP contribution in [0.5, 0.6) is 0 Å². The molecular formula is C12H19NO3S. The van der Waals surface area contributed by atoms with Crippen molar-refractivity contribution in [2.24, 2.45) is 0 Å². The van der Waals surface area contributed by atoms with E-state index in [2.05, 4.69) is 4.98 Å². The van der Waals surface area contributed by atoms with Crippen molar-refractivity contribution in [3.63, 3.8) is 0 Å². The monoisotopic (exact) mass is 257 g/mol. The summed E-state index contributed by atoms with van der Waals surface area (Å²) in [7, 11) is 0. The maximum absolute atomic E-state index is 11.1. The van der Waals surface area contributed by atoms with Crippen LogP contribution in [0.15, 0.2) is 5.38 Å². The average molecular weight is 257 g/mol. The van der Waals surface area contributed by atoms with Crippen molar-refractivity contribution in [2.45, 2.75) is 45.6 Å². The highest BCUT2D eigenvalue weighted by atomic mass is 32.1. The Hall–Kier alpha value is -0.940. The summed E-state index contributed by atoms with van der Waals surface area (Å²) in [5.74, 6) is -0.872. The number of carboxylic acids is 1. The van der Waals surface area contributed by atoms with Crippen LogP contribution in [0.4, 0.5) is 0 Å². The SMILES string of the molecule is CCOC(C)(C)c1nc(C(C)(C)C(=O)O)cs1. The number of carbonyl (C=O) groups is 1. The highest BCUT2D eigenvalue weighted by Crippen LogP contribution is 2.32. The van der Waals surface area contributed by atoms with Crippen molar-refractivity contribution in [1.29, 1.82) is 0 Å². The van der Waals surface area contributed by atoms with Crippen LogP contribution >= 0.6 is 11.3 Å². The molecule has 5 heteroatoms. The van der Waals surface area contributed by atoms with E-state index in [9.17, 15) is 4.79 Å². The number of hydrogen-bond donors (Lipinski definition) is 1. The number of hydrogen-bond acceptors (Lipinski definition) is 4. The first-order valence-electron chi connectivity index (χ1n) is 5.55. The van der Waals surface area contributed by atoms with Gasteiger partial charge in [-0.3, -0.25) is 4.79 Å². The van der Waals surface area contributed by atoms with Crippen LogP contribution in [0, 0.1) is 0 Å². The summed E-state index contributed by atoms with van der Waals surface area (Å²) in [4.78, 5) is 15.5. The van der Waals surface area contributed by atoms with Crippen molar-refractivity contribution >= 4 is 17.3 Å². The second-order valence-electron chi connectivity index (χ2n) is 4.91. The Balaban J connectivity index is 3.04. The Labute approximate surface area is 106 Å². The topological polar surface area (TPSA) is 59.4 Å². The molecule has 0 amide bonds. The molecule has 1 N–H and O–H groups in total. The van der Waals surface area contributed by atoms with E-state index in [1.165, 1.54) is 11.3 Å². The number of nitrogens with zero attached hydrogens (tertiary/aromatic N) is 1. The Morgan fingerprint density at radius 1 is 1.47 bits per heavy atom. The molecule has 0 aromatic carbocycles. The standard InChI is InChI=1S/C12H19NO3S/c1-6-16-12(4,5)9-13-8(7-17-9)11(2,3)10(14)15/h7H,6H2,1-5H3,(H,14,15). The molecule has 17 heavy (non-hydrogen) atoms. The third kappa shape index (κ3) is 2.84. The lowest BCUT2D eigenvalue weighted by molar-refractivity contribution is -0.142. The Morgan fingerprint density at radius 3 is 2.53 bits per heavy atom. The molecule has 1 rings (SSSR count). The predicted molar refractivity (Wildman–Crippen MR) is 67.4 cm³/mol. The lowest BCUT2D eigenvalue weighted by Crippen LogP contribution is -2.29. The molecule has 1 aromatic heterocycles. The fourth-order valence-corrected chi connectivity index (χ4v) is 2.43. The fourth-order valence-electron chi connectivity index (χ4n) is 1.37. The van der Waals surface area contributed by atoms with Crippen molar-refractivity contribution < 1.29 is 14.6 Å². The smallest absolute Gasteiger partial charge is 0.315 e. The highest BCUT2D eigenvalue weighted by Gasteiger charge is 2.34. The number of aromatic nitrogens is 1. The molecule has 1 aromatic rings. The van der Waals surface area contributed by atoms with Gasteiger partial charge in [0.25, 0.3) is 0 Å². The molecule has 0 aliphatic carbocycles. The zero-order valence-electron chi connectivity index (χ0n) is 10.9. The van der Waals surface area contributed by atoms with E-state index in [4.69, 9.17) is 9.84 Å². The van der Waals surface area contributed by atoms with Gasteiger partial charge in [0.2, 0.25) is 0 Å². The van der Waals surface area contributed by atoms with Crippen molar-refractivity contribution in [3.8, 4) is 0 Å². The van der Waals surface area contributed by atoms with Gasteiger partial charge in [0.15, 0.2) is 0 Å². The van der Waals surface area contributed by atoms with Gasteiger partial charge < -0.3 is 9.84 Å². The fraction of sp³-hybridized carbons (Fsp3) is 0.667. The lowest BCUT2D eigenvalue weighted by Gasteiger charge is -2.22. The summed E-state index contributed by atoms with van der Waals surface area (Å²) < 4.78 is 5.60. The van der Waals surface area contributed by atoms with E-state index >= 15 is 0 Å². The van der Waals surface area contributed by atoms with E-state index in [0.717, 1.165) is 5.01 Å². The zero-order chi connectivity index (χ0) is 13.3. The second-order valence-corrected chi connectivity index (χ2v) is 5.77. The van der Waals surface area contributed by atoms with Crippen LogP contribution in [0.3, 0.4) is 0 Å². The summed E-state index contributed by atoms with van der Waals surface area (Å²) >= 11 is 1.44. The zero-order valence-corrected chi connectivity index (χ0v) is 11.7. The molecule has 0 saturated carbocycles. The molecule has 4 nitrogen and oxygen atoms in total. The van der Waals surface area contributed by atoms with E-state index in [1.54, 1.807) is 19.2 Å². The van der Waals surface area contributed by atoms with Crippen LogP contribution < -0.4 is 0 Å². The first-order valence-corrected chi connectivity index (χ1v) is 6.43. The molecule has 0 unspecified atom stereocenters. The van der Waals surface area contributed by atoms with Crippen LogP contribution in [-0.4, -0.2) is 22.7 Å². The van der Waals surface area contributed by atoms with Gasteiger partial charge in [0.1, 0.15) is 16.0 Å².